The summed E-state index contributed by atoms with van der Waals surface area (Å²) in [5.74, 6) is 0.887. The van der Waals surface area contributed by atoms with Gasteiger partial charge >= 0.3 is 0 Å². The number of rotatable bonds is 2. The smallest absolute Gasteiger partial charge is 0.162 e. The number of hydrogen-bond donors (Lipinski definition) is 1. The first kappa shape index (κ1) is 14.0. The van der Waals surface area contributed by atoms with E-state index in [1.165, 1.54) is 12.1 Å². The fourth-order valence-electron chi connectivity index (χ4n) is 2.49. The Kier molecular flexibility index (Phi) is 3.64. The molecular weight excluding hydrogens is 293 g/mol. The van der Waals surface area contributed by atoms with Gasteiger partial charge in [-0.3, -0.25) is 0 Å². The SMILES string of the molecule is COc1ccc(C2Oc3c(Cl)cc(F)cc3NC2C)cc1. The zero-order valence-electron chi connectivity index (χ0n) is 11.7. The average molecular weight is 308 g/mol. The van der Waals surface area contributed by atoms with Crippen molar-refractivity contribution >= 4 is 17.3 Å². The second-order valence-corrected chi connectivity index (χ2v) is 5.42. The van der Waals surface area contributed by atoms with Gasteiger partial charge in [0, 0.05) is 6.07 Å². The molecular formula is C16H15ClFNO2. The van der Waals surface area contributed by atoms with Crippen molar-refractivity contribution in [1.29, 1.82) is 0 Å². The van der Waals surface area contributed by atoms with Crippen molar-refractivity contribution in [3.8, 4) is 11.5 Å². The molecule has 3 rings (SSSR count). The van der Waals surface area contributed by atoms with E-state index in [0.29, 0.717) is 11.4 Å². The number of ether oxygens (including phenoxy) is 2. The van der Waals surface area contributed by atoms with Crippen LogP contribution in [0.1, 0.15) is 18.6 Å². The highest BCUT2D eigenvalue weighted by atomic mass is 35.5. The minimum atomic E-state index is -0.384. The summed E-state index contributed by atoms with van der Waals surface area (Å²) in [6.45, 7) is 1.98. The molecule has 2 atom stereocenters. The van der Waals surface area contributed by atoms with Crippen LogP contribution in [-0.2, 0) is 0 Å². The van der Waals surface area contributed by atoms with Crippen molar-refractivity contribution in [3.63, 3.8) is 0 Å². The Bertz CT molecular complexity index is 660. The summed E-state index contributed by atoms with van der Waals surface area (Å²) in [4.78, 5) is 0. The predicted octanol–water partition coefficient (Wildman–Crippen LogP) is 4.42. The average Bonchev–Trinajstić information content (AvgIpc) is 2.46. The lowest BCUT2D eigenvalue weighted by atomic mass is 10.0. The molecule has 1 heterocycles. The number of benzene rings is 2. The molecule has 0 aliphatic carbocycles. The van der Waals surface area contributed by atoms with Gasteiger partial charge in [-0.1, -0.05) is 23.7 Å². The zero-order chi connectivity index (χ0) is 15.0. The minimum Gasteiger partial charge on any atom is -0.497 e. The van der Waals surface area contributed by atoms with Gasteiger partial charge in [0.25, 0.3) is 0 Å². The molecule has 1 aliphatic rings. The van der Waals surface area contributed by atoms with E-state index in [-0.39, 0.29) is 23.0 Å². The van der Waals surface area contributed by atoms with Crippen molar-refractivity contribution in [3.05, 3.63) is 52.8 Å². The van der Waals surface area contributed by atoms with Crippen LogP contribution in [0.5, 0.6) is 11.5 Å². The van der Waals surface area contributed by atoms with Gasteiger partial charge in [-0.05, 0) is 30.7 Å². The summed E-state index contributed by atoms with van der Waals surface area (Å²) in [6, 6.07) is 10.3. The maximum Gasteiger partial charge on any atom is 0.162 e. The number of anilines is 1. The van der Waals surface area contributed by atoms with E-state index < -0.39 is 0 Å². The van der Waals surface area contributed by atoms with Gasteiger partial charge < -0.3 is 14.8 Å². The van der Waals surface area contributed by atoms with Gasteiger partial charge in [-0.2, -0.15) is 0 Å². The van der Waals surface area contributed by atoms with Crippen LogP contribution in [0.25, 0.3) is 0 Å². The van der Waals surface area contributed by atoms with Crippen molar-refractivity contribution in [2.45, 2.75) is 19.1 Å². The molecule has 2 unspecified atom stereocenters. The summed E-state index contributed by atoms with van der Waals surface area (Å²) in [5, 5.41) is 3.50. The standard InChI is InChI=1S/C16H15ClFNO2/c1-9-15(10-3-5-12(20-2)6-4-10)21-16-13(17)7-11(18)8-14(16)19-9/h3-9,15,19H,1-2H3. The number of fused-ring (bicyclic) bond motifs is 1. The van der Waals surface area contributed by atoms with Crippen LogP contribution < -0.4 is 14.8 Å². The third-order valence-electron chi connectivity index (χ3n) is 3.53. The monoisotopic (exact) mass is 307 g/mol. The Morgan fingerprint density at radius 1 is 1.24 bits per heavy atom. The van der Waals surface area contributed by atoms with Crippen molar-refractivity contribution < 1.29 is 13.9 Å². The number of halogens is 2. The van der Waals surface area contributed by atoms with Gasteiger partial charge in [0.1, 0.15) is 17.7 Å². The molecule has 110 valence electrons. The predicted molar refractivity (Wildman–Crippen MR) is 80.9 cm³/mol. The fraction of sp³-hybridized carbons (Fsp3) is 0.250. The summed E-state index contributed by atoms with van der Waals surface area (Å²) >= 11 is 6.07. The lowest BCUT2D eigenvalue weighted by molar-refractivity contribution is 0.177. The van der Waals surface area contributed by atoms with Crippen molar-refractivity contribution in [1.82, 2.24) is 0 Å². The largest absolute Gasteiger partial charge is 0.497 e. The lowest BCUT2D eigenvalue weighted by Crippen LogP contribution is -2.32. The van der Waals surface area contributed by atoms with Crippen LogP contribution in [0.3, 0.4) is 0 Å². The molecule has 0 saturated carbocycles. The summed E-state index contributed by atoms with van der Waals surface area (Å²) in [7, 11) is 1.63. The molecule has 1 N–H and O–H groups in total. The van der Waals surface area contributed by atoms with Crippen molar-refractivity contribution in [2.75, 3.05) is 12.4 Å². The highest BCUT2D eigenvalue weighted by Crippen LogP contribution is 2.42. The lowest BCUT2D eigenvalue weighted by Gasteiger charge is -2.34. The van der Waals surface area contributed by atoms with E-state index in [4.69, 9.17) is 21.1 Å². The summed E-state index contributed by atoms with van der Waals surface area (Å²) < 4.78 is 24.5. The maximum atomic E-state index is 13.4. The Morgan fingerprint density at radius 3 is 2.62 bits per heavy atom. The third kappa shape index (κ3) is 2.63. The zero-order valence-corrected chi connectivity index (χ0v) is 12.4. The Labute approximate surface area is 127 Å². The van der Waals surface area contributed by atoms with E-state index in [1.54, 1.807) is 7.11 Å². The summed E-state index contributed by atoms with van der Waals surface area (Å²) in [6.07, 6.45) is -0.202. The molecule has 0 saturated heterocycles. The van der Waals surface area contributed by atoms with Crippen LogP contribution in [0.15, 0.2) is 36.4 Å². The second kappa shape index (κ2) is 5.45. The fourth-order valence-corrected chi connectivity index (χ4v) is 2.74. The van der Waals surface area contributed by atoms with Crippen molar-refractivity contribution in [2.24, 2.45) is 0 Å². The molecule has 0 fully saturated rings. The van der Waals surface area contributed by atoms with Gasteiger partial charge in [-0.25, -0.2) is 4.39 Å². The molecule has 2 aromatic rings. The van der Waals surface area contributed by atoms with E-state index in [1.807, 2.05) is 31.2 Å². The van der Waals surface area contributed by atoms with Crippen LogP contribution in [0.2, 0.25) is 5.02 Å². The van der Waals surface area contributed by atoms with Crippen LogP contribution in [0, 0.1) is 5.82 Å². The molecule has 1 aliphatic heterocycles. The Balaban J connectivity index is 1.94. The molecule has 0 spiro atoms. The normalized spacial score (nSPS) is 20.2. The summed E-state index contributed by atoms with van der Waals surface area (Å²) in [5.41, 5.74) is 1.58. The molecule has 0 bridgehead atoms. The molecule has 0 amide bonds. The molecule has 2 aromatic carbocycles. The number of nitrogens with one attached hydrogen (secondary N) is 1. The maximum absolute atomic E-state index is 13.4. The van der Waals surface area contributed by atoms with Gasteiger partial charge in [0.15, 0.2) is 5.75 Å². The first-order valence-electron chi connectivity index (χ1n) is 6.64. The van der Waals surface area contributed by atoms with E-state index >= 15 is 0 Å². The molecule has 0 radical (unpaired) electrons. The van der Waals surface area contributed by atoms with E-state index in [0.717, 1.165) is 11.3 Å². The van der Waals surface area contributed by atoms with Gasteiger partial charge in [0.05, 0.1) is 23.9 Å². The van der Waals surface area contributed by atoms with Crippen LogP contribution in [0.4, 0.5) is 10.1 Å². The van der Waals surface area contributed by atoms with E-state index in [9.17, 15) is 4.39 Å². The number of hydrogen-bond acceptors (Lipinski definition) is 3. The molecule has 3 nitrogen and oxygen atoms in total. The highest BCUT2D eigenvalue weighted by Gasteiger charge is 2.29. The van der Waals surface area contributed by atoms with E-state index in [2.05, 4.69) is 5.32 Å². The van der Waals surface area contributed by atoms with Crippen LogP contribution in [-0.4, -0.2) is 13.2 Å². The molecule has 5 heteroatoms. The first-order valence-corrected chi connectivity index (χ1v) is 7.02. The quantitative estimate of drug-likeness (QED) is 0.891. The molecule has 21 heavy (non-hydrogen) atoms. The van der Waals surface area contributed by atoms with Crippen LogP contribution >= 0.6 is 11.6 Å². The minimum absolute atomic E-state index is 0.0104. The first-order chi connectivity index (χ1) is 10.1. The molecule has 0 aromatic heterocycles. The highest BCUT2D eigenvalue weighted by molar-refractivity contribution is 6.32. The van der Waals surface area contributed by atoms with Gasteiger partial charge in [-0.15, -0.1) is 0 Å². The topological polar surface area (TPSA) is 30.5 Å². The Hall–Kier alpha value is -1.94. The second-order valence-electron chi connectivity index (χ2n) is 5.01. The van der Waals surface area contributed by atoms with Gasteiger partial charge in [0.2, 0.25) is 0 Å². The Morgan fingerprint density at radius 2 is 1.95 bits per heavy atom. The third-order valence-corrected chi connectivity index (χ3v) is 3.82. The number of methoxy groups -OCH3 is 1.